The van der Waals surface area contributed by atoms with Crippen molar-refractivity contribution in [2.24, 2.45) is 5.14 Å². The van der Waals surface area contributed by atoms with Gasteiger partial charge in [-0.15, -0.1) is 0 Å². The number of primary sulfonamides is 1. The summed E-state index contributed by atoms with van der Waals surface area (Å²) >= 11 is 0. The summed E-state index contributed by atoms with van der Waals surface area (Å²) in [6.45, 7) is 2.23. The van der Waals surface area contributed by atoms with Gasteiger partial charge in [0, 0.05) is 25.0 Å². The number of pyridine rings is 1. The van der Waals surface area contributed by atoms with E-state index < -0.39 is 14.9 Å². The smallest absolute Gasteiger partial charge is 0.293 e. The van der Waals surface area contributed by atoms with Crippen molar-refractivity contribution in [3.8, 4) is 0 Å². The third kappa shape index (κ3) is 3.57. The first-order valence-electron chi connectivity index (χ1n) is 6.23. The van der Waals surface area contributed by atoms with Crippen LogP contribution in [0, 0.1) is 17.0 Å². The van der Waals surface area contributed by atoms with Crippen LogP contribution in [0.4, 0.5) is 11.4 Å². The van der Waals surface area contributed by atoms with Crippen LogP contribution in [0.5, 0.6) is 0 Å². The molecule has 2 aromatic rings. The van der Waals surface area contributed by atoms with E-state index in [1.54, 1.807) is 18.5 Å². The molecule has 9 heteroatoms. The van der Waals surface area contributed by atoms with E-state index in [0.717, 1.165) is 17.2 Å². The number of nitrogens with zero attached hydrogens (tertiary/aromatic N) is 2. The average Bonchev–Trinajstić information content (AvgIpc) is 2.45. The lowest BCUT2D eigenvalue weighted by molar-refractivity contribution is -0.384. The molecule has 0 aliphatic heterocycles. The lowest BCUT2D eigenvalue weighted by Gasteiger charge is -2.09. The Morgan fingerprint density at radius 3 is 2.68 bits per heavy atom. The number of anilines is 1. The number of hydrogen-bond acceptors (Lipinski definition) is 6. The first kappa shape index (κ1) is 15.9. The molecule has 1 aromatic carbocycles. The number of nitrogens with one attached hydrogen (secondary N) is 1. The van der Waals surface area contributed by atoms with Crippen LogP contribution in [0.3, 0.4) is 0 Å². The highest BCUT2D eigenvalue weighted by Gasteiger charge is 2.18. The van der Waals surface area contributed by atoms with E-state index in [1.807, 2.05) is 6.92 Å². The molecule has 0 unspecified atom stereocenters. The van der Waals surface area contributed by atoms with E-state index in [4.69, 9.17) is 5.14 Å². The Morgan fingerprint density at radius 1 is 1.36 bits per heavy atom. The number of nitro groups is 1. The minimum absolute atomic E-state index is 0.216. The van der Waals surface area contributed by atoms with Crippen LogP contribution in [-0.4, -0.2) is 18.3 Å². The van der Waals surface area contributed by atoms with Gasteiger partial charge in [-0.25, -0.2) is 13.6 Å². The number of nitrogens with two attached hydrogens (primary N) is 1. The van der Waals surface area contributed by atoms with Crippen molar-refractivity contribution >= 4 is 21.4 Å². The Morgan fingerprint density at radius 2 is 2.09 bits per heavy atom. The van der Waals surface area contributed by atoms with E-state index in [-0.39, 0.29) is 16.3 Å². The Kier molecular flexibility index (Phi) is 4.38. The third-order valence-corrected chi connectivity index (χ3v) is 4.01. The number of aromatic nitrogens is 1. The van der Waals surface area contributed by atoms with Crippen LogP contribution in [0.1, 0.15) is 11.1 Å². The summed E-state index contributed by atoms with van der Waals surface area (Å²) in [5.74, 6) is 0. The van der Waals surface area contributed by atoms with Crippen molar-refractivity contribution in [1.82, 2.24) is 4.98 Å². The van der Waals surface area contributed by atoms with Crippen molar-refractivity contribution in [1.29, 1.82) is 0 Å². The van der Waals surface area contributed by atoms with Crippen molar-refractivity contribution in [2.45, 2.75) is 18.4 Å². The third-order valence-electron chi connectivity index (χ3n) is 3.10. The van der Waals surface area contributed by atoms with E-state index in [1.165, 1.54) is 12.1 Å². The fraction of sp³-hybridized carbons (Fsp3) is 0.154. The maximum Gasteiger partial charge on any atom is 0.293 e. The van der Waals surface area contributed by atoms with Crippen LogP contribution in [-0.2, 0) is 16.6 Å². The van der Waals surface area contributed by atoms with Gasteiger partial charge in [-0.2, -0.15) is 0 Å². The Balaban J connectivity index is 2.31. The zero-order valence-electron chi connectivity index (χ0n) is 11.7. The van der Waals surface area contributed by atoms with Gasteiger partial charge in [0.2, 0.25) is 10.0 Å². The van der Waals surface area contributed by atoms with Crippen LogP contribution in [0.15, 0.2) is 41.6 Å². The predicted molar refractivity (Wildman–Crippen MR) is 80.8 cm³/mol. The molecule has 22 heavy (non-hydrogen) atoms. The first-order chi connectivity index (χ1) is 10.3. The quantitative estimate of drug-likeness (QED) is 0.635. The van der Waals surface area contributed by atoms with Crippen molar-refractivity contribution < 1.29 is 13.3 Å². The fourth-order valence-electron chi connectivity index (χ4n) is 1.88. The molecule has 0 saturated carbocycles. The SMILES string of the molecule is Cc1cnccc1CNc1ccc(S(N)(=O)=O)cc1[N+](=O)[O-]. The monoisotopic (exact) mass is 322 g/mol. The topological polar surface area (TPSA) is 128 Å². The van der Waals surface area contributed by atoms with Gasteiger partial charge in [0.25, 0.3) is 5.69 Å². The summed E-state index contributed by atoms with van der Waals surface area (Å²) in [6, 6.07) is 5.29. The number of sulfonamides is 1. The van der Waals surface area contributed by atoms with Gasteiger partial charge in [-0.3, -0.25) is 15.1 Å². The normalized spacial score (nSPS) is 11.2. The zero-order valence-corrected chi connectivity index (χ0v) is 12.5. The van der Waals surface area contributed by atoms with Gasteiger partial charge >= 0.3 is 0 Å². The van der Waals surface area contributed by atoms with E-state index >= 15 is 0 Å². The van der Waals surface area contributed by atoms with Gasteiger partial charge in [-0.05, 0) is 36.2 Å². The summed E-state index contributed by atoms with van der Waals surface area (Å²) in [6.07, 6.45) is 3.32. The maximum absolute atomic E-state index is 11.3. The van der Waals surface area contributed by atoms with Crippen LogP contribution < -0.4 is 10.5 Å². The molecule has 0 bridgehead atoms. The minimum atomic E-state index is -3.99. The molecule has 0 spiro atoms. The number of hydrogen-bond donors (Lipinski definition) is 2. The second kappa shape index (κ2) is 6.08. The maximum atomic E-state index is 11.3. The summed E-state index contributed by atoms with van der Waals surface area (Å²) < 4.78 is 22.5. The van der Waals surface area contributed by atoms with Gasteiger partial charge < -0.3 is 5.32 Å². The molecular weight excluding hydrogens is 308 g/mol. The summed E-state index contributed by atoms with van der Waals surface area (Å²) in [5, 5.41) is 19.0. The van der Waals surface area contributed by atoms with Crippen molar-refractivity contribution in [3.05, 3.63) is 57.9 Å². The molecule has 2 rings (SSSR count). The Labute approximate surface area is 127 Å². The van der Waals surface area contributed by atoms with E-state index in [9.17, 15) is 18.5 Å². The summed E-state index contributed by atoms with van der Waals surface area (Å²) in [4.78, 5) is 14.1. The fourth-order valence-corrected chi connectivity index (χ4v) is 2.41. The second-order valence-electron chi connectivity index (χ2n) is 4.64. The van der Waals surface area contributed by atoms with Crippen LogP contribution in [0.2, 0.25) is 0 Å². The van der Waals surface area contributed by atoms with Crippen molar-refractivity contribution in [3.63, 3.8) is 0 Å². The van der Waals surface area contributed by atoms with Gasteiger partial charge in [0.1, 0.15) is 5.69 Å². The number of aryl methyl sites for hydroxylation is 1. The molecule has 1 aromatic heterocycles. The van der Waals surface area contributed by atoms with Crippen LogP contribution in [0.25, 0.3) is 0 Å². The molecule has 0 atom stereocenters. The molecule has 0 radical (unpaired) electrons. The highest BCUT2D eigenvalue weighted by atomic mass is 32.2. The summed E-state index contributed by atoms with van der Waals surface area (Å²) in [5.41, 5.74) is 1.74. The number of nitro benzene ring substituents is 1. The molecule has 0 aliphatic carbocycles. The minimum Gasteiger partial charge on any atom is -0.375 e. The number of benzene rings is 1. The van der Waals surface area contributed by atoms with Crippen LogP contribution >= 0.6 is 0 Å². The Hall–Kier alpha value is -2.52. The van der Waals surface area contributed by atoms with E-state index in [0.29, 0.717) is 6.54 Å². The molecule has 0 fully saturated rings. The van der Waals surface area contributed by atoms with Crippen molar-refractivity contribution in [2.75, 3.05) is 5.32 Å². The van der Waals surface area contributed by atoms with E-state index in [2.05, 4.69) is 10.3 Å². The molecule has 1 heterocycles. The largest absolute Gasteiger partial charge is 0.375 e. The highest BCUT2D eigenvalue weighted by molar-refractivity contribution is 7.89. The molecular formula is C13H14N4O4S. The van der Waals surface area contributed by atoms with Gasteiger partial charge in [0.05, 0.1) is 9.82 Å². The lowest BCUT2D eigenvalue weighted by Crippen LogP contribution is -2.13. The first-order valence-corrected chi connectivity index (χ1v) is 7.78. The molecule has 8 nitrogen and oxygen atoms in total. The van der Waals surface area contributed by atoms with Gasteiger partial charge in [-0.1, -0.05) is 0 Å². The average molecular weight is 322 g/mol. The molecule has 0 amide bonds. The highest BCUT2D eigenvalue weighted by Crippen LogP contribution is 2.27. The molecule has 0 aliphatic rings. The van der Waals surface area contributed by atoms with Gasteiger partial charge in [0.15, 0.2) is 0 Å². The lowest BCUT2D eigenvalue weighted by atomic mass is 10.1. The summed E-state index contributed by atoms with van der Waals surface area (Å²) in [7, 11) is -3.99. The standard InChI is InChI=1S/C13H14N4O4S/c1-9-7-15-5-4-10(9)8-16-12-3-2-11(22(14,20)21)6-13(12)17(18)19/h2-7,16H,8H2,1H3,(H2,14,20,21). The number of rotatable bonds is 5. The molecule has 0 saturated heterocycles. The Bertz CT molecular complexity index is 821. The zero-order chi connectivity index (χ0) is 16.3. The molecule has 3 N–H and O–H groups in total. The predicted octanol–water partition coefficient (Wildman–Crippen LogP) is 1.56. The second-order valence-corrected chi connectivity index (χ2v) is 6.20. The molecule has 116 valence electrons.